The normalized spacial score (nSPS) is 22.6. The Kier molecular flexibility index (Phi) is 4.10. The molecule has 1 aliphatic rings. The zero-order valence-electron chi connectivity index (χ0n) is 10.6. The van der Waals surface area contributed by atoms with Crippen LogP contribution in [0.5, 0.6) is 0 Å². The monoisotopic (exact) mass is 344 g/mol. The molecule has 0 bridgehead atoms. The van der Waals surface area contributed by atoms with E-state index in [1.54, 1.807) is 0 Å². The summed E-state index contributed by atoms with van der Waals surface area (Å²) in [5.74, 6) is -1.83. The van der Waals surface area contributed by atoms with Crippen LogP contribution >= 0.6 is 15.9 Å². The Morgan fingerprint density at radius 1 is 1.45 bits per heavy atom. The number of β-amino-alcohol motifs (C(OH)–C–C–N with tert-alkyl or cyclic N) is 1. The van der Waals surface area contributed by atoms with E-state index in [1.165, 1.54) is 17.0 Å². The summed E-state index contributed by atoms with van der Waals surface area (Å²) in [5.41, 5.74) is 3.61. The van der Waals surface area contributed by atoms with Gasteiger partial charge in [0.1, 0.15) is 5.82 Å². The van der Waals surface area contributed by atoms with Gasteiger partial charge in [-0.15, -0.1) is 0 Å². The topological polar surface area (TPSA) is 83.6 Å². The summed E-state index contributed by atoms with van der Waals surface area (Å²) in [4.78, 5) is 24.8. The molecule has 1 heterocycles. The highest BCUT2D eigenvalue weighted by molar-refractivity contribution is 9.10. The highest BCUT2D eigenvalue weighted by Crippen LogP contribution is 2.23. The smallest absolute Gasteiger partial charge is 0.254 e. The van der Waals surface area contributed by atoms with Gasteiger partial charge in [-0.1, -0.05) is 0 Å². The van der Waals surface area contributed by atoms with Crippen molar-refractivity contribution in [2.24, 2.45) is 5.73 Å². The molecule has 1 atom stereocenters. The minimum Gasteiger partial charge on any atom is -0.378 e. The van der Waals surface area contributed by atoms with Crippen LogP contribution in [0.2, 0.25) is 0 Å². The summed E-state index contributed by atoms with van der Waals surface area (Å²) in [6, 6.07) is 4.03. The number of amides is 2. The zero-order valence-corrected chi connectivity index (χ0v) is 12.2. The number of carbonyl (C=O) groups is 2. The molecule has 20 heavy (non-hydrogen) atoms. The number of likely N-dealkylation sites (tertiary alicyclic amines) is 1. The number of hydrogen-bond donors (Lipinski definition) is 2. The maximum Gasteiger partial charge on any atom is 0.254 e. The number of primary amides is 1. The Balaban J connectivity index is 2.20. The lowest BCUT2D eigenvalue weighted by molar-refractivity contribution is -0.140. The zero-order chi connectivity index (χ0) is 14.9. The molecule has 0 spiro atoms. The molecule has 108 valence electrons. The molecule has 1 fully saturated rings. The minimum atomic E-state index is -1.71. The highest BCUT2D eigenvalue weighted by atomic mass is 79.9. The molecule has 5 nitrogen and oxygen atoms in total. The number of hydrogen-bond acceptors (Lipinski definition) is 3. The fraction of sp³-hybridized carbons (Fsp3) is 0.385. The second kappa shape index (κ2) is 5.49. The van der Waals surface area contributed by atoms with Gasteiger partial charge in [-0.3, -0.25) is 9.59 Å². The molecule has 2 rings (SSSR count). The average molecular weight is 345 g/mol. The fourth-order valence-electron chi connectivity index (χ4n) is 2.22. The third-order valence-electron chi connectivity index (χ3n) is 3.38. The van der Waals surface area contributed by atoms with Crippen molar-refractivity contribution in [2.75, 3.05) is 13.1 Å². The molecular formula is C13H14BrFN2O3. The van der Waals surface area contributed by atoms with Crippen LogP contribution in [-0.4, -0.2) is 40.5 Å². The molecule has 1 aliphatic heterocycles. The van der Waals surface area contributed by atoms with E-state index in [1.807, 2.05) is 0 Å². The highest BCUT2D eigenvalue weighted by Gasteiger charge is 2.40. The first-order valence-electron chi connectivity index (χ1n) is 6.10. The molecule has 2 amide bonds. The molecule has 1 aromatic carbocycles. The van der Waals surface area contributed by atoms with E-state index in [0.29, 0.717) is 13.0 Å². The van der Waals surface area contributed by atoms with Crippen LogP contribution in [0.3, 0.4) is 0 Å². The fourth-order valence-corrected chi connectivity index (χ4v) is 2.47. The first kappa shape index (κ1) is 14.9. The third-order valence-corrected chi connectivity index (χ3v) is 4.03. The molecule has 1 saturated heterocycles. The second-order valence-corrected chi connectivity index (χ2v) is 5.71. The molecule has 0 aromatic heterocycles. The SMILES string of the molecule is NC(=O)[C@@]1(O)CCCN(C(=O)c2ccc(Br)c(F)c2)C1. The van der Waals surface area contributed by atoms with Crippen LogP contribution in [0.25, 0.3) is 0 Å². The Bertz CT molecular complexity index is 567. The van der Waals surface area contributed by atoms with Crippen molar-refractivity contribution in [1.82, 2.24) is 4.90 Å². The minimum absolute atomic E-state index is 0.166. The standard InChI is InChI=1S/C13H14BrFN2O3/c14-9-3-2-8(6-10(9)15)11(18)17-5-1-4-13(20,7-17)12(16)19/h2-3,6,20H,1,4-5,7H2,(H2,16,19)/t13-/m1/s1. The lowest BCUT2D eigenvalue weighted by Crippen LogP contribution is -2.57. The Hall–Kier alpha value is -1.47. The van der Waals surface area contributed by atoms with Gasteiger partial charge in [0.05, 0.1) is 11.0 Å². The Morgan fingerprint density at radius 3 is 2.75 bits per heavy atom. The van der Waals surface area contributed by atoms with Crippen LogP contribution in [0.15, 0.2) is 22.7 Å². The number of carbonyl (C=O) groups excluding carboxylic acids is 2. The molecule has 0 aliphatic carbocycles. The van der Waals surface area contributed by atoms with Crippen LogP contribution in [0.4, 0.5) is 4.39 Å². The van der Waals surface area contributed by atoms with Gasteiger partial charge in [-0.2, -0.15) is 0 Å². The van der Waals surface area contributed by atoms with E-state index < -0.39 is 23.2 Å². The number of nitrogens with two attached hydrogens (primary N) is 1. The molecule has 1 aromatic rings. The van der Waals surface area contributed by atoms with Gasteiger partial charge in [-0.05, 0) is 47.0 Å². The van der Waals surface area contributed by atoms with Crippen molar-refractivity contribution in [1.29, 1.82) is 0 Å². The Labute approximate surface area is 123 Å². The predicted molar refractivity (Wildman–Crippen MR) is 73.4 cm³/mol. The van der Waals surface area contributed by atoms with Crippen molar-refractivity contribution in [3.8, 4) is 0 Å². The third kappa shape index (κ3) is 2.83. The van der Waals surface area contributed by atoms with Crippen molar-refractivity contribution in [3.63, 3.8) is 0 Å². The summed E-state index contributed by atoms with van der Waals surface area (Å²) < 4.78 is 13.7. The summed E-state index contributed by atoms with van der Waals surface area (Å²) in [6.45, 7) is 0.227. The van der Waals surface area contributed by atoms with E-state index in [2.05, 4.69) is 15.9 Å². The summed E-state index contributed by atoms with van der Waals surface area (Å²) in [6.07, 6.45) is 0.686. The quantitative estimate of drug-likeness (QED) is 0.840. The lowest BCUT2D eigenvalue weighted by atomic mass is 9.92. The maximum absolute atomic E-state index is 13.4. The van der Waals surface area contributed by atoms with E-state index >= 15 is 0 Å². The van der Waals surface area contributed by atoms with E-state index in [0.717, 1.165) is 6.07 Å². The molecule has 0 unspecified atom stereocenters. The first-order chi connectivity index (χ1) is 9.33. The van der Waals surface area contributed by atoms with Crippen LogP contribution in [0.1, 0.15) is 23.2 Å². The van der Waals surface area contributed by atoms with Crippen LogP contribution in [-0.2, 0) is 4.79 Å². The summed E-state index contributed by atoms with van der Waals surface area (Å²) in [7, 11) is 0. The van der Waals surface area contributed by atoms with E-state index in [-0.39, 0.29) is 23.0 Å². The number of piperidine rings is 1. The van der Waals surface area contributed by atoms with Gasteiger partial charge in [0.25, 0.3) is 11.8 Å². The van der Waals surface area contributed by atoms with Crippen molar-refractivity contribution in [2.45, 2.75) is 18.4 Å². The van der Waals surface area contributed by atoms with Gasteiger partial charge in [0, 0.05) is 12.1 Å². The molecule has 0 saturated carbocycles. The maximum atomic E-state index is 13.4. The first-order valence-corrected chi connectivity index (χ1v) is 6.89. The van der Waals surface area contributed by atoms with Crippen LogP contribution < -0.4 is 5.73 Å². The lowest BCUT2D eigenvalue weighted by Gasteiger charge is -2.37. The number of nitrogens with zero attached hydrogens (tertiary/aromatic N) is 1. The Morgan fingerprint density at radius 2 is 2.15 bits per heavy atom. The van der Waals surface area contributed by atoms with Gasteiger partial charge >= 0.3 is 0 Å². The number of aliphatic hydroxyl groups is 1. The van der Waals surface area contributed by atoms with Gasteiger partial charge in [0.15, 0.2) is 5.60 Å². The molecule has 0 radical (unpaired) electrons. The molecule has 7 heteroatoms. The molecular weight excluding hydrogens is 331 g/mol. The summed E-state index contributed by atoms with van der Waals surface area (Å²) >= 11 is 3.01. The predicted octanol–water partition coefficient (Wildman–Crippen LogP) is 1.04. The average Bonchev–Trinajstić information content (AvgIpc) is 2.41. The van der Waals surface area contributed by atoms with Gasteiger partial charge in [0.2, 0.25) is 0 Å². The van der Waals surface area contributed by atoms with E-state index in [4.69, 9.17) is 5.73 Å². The number of halogens is 2. The van der Waals surface area contributed by atoms with Crippen molar-refractivity contribution in [3.05, 3.63) is 34.1 Å². The summed E-state index contributed by atoms with van der Waals surface area (Å²) in [5, 5.41) is 10.1. The second-order valence-electron chi connectivity index (χ2n) is 4.85. The number of benzene rings is 1. The van der Waals surface area contributed by atoms with E-state index in [9.17, 15) is 19.1 Å². The largest absolute Gasteiger partial charge is 0.378 e. The van der Waals surface area contributed by atoms with Crippen molar-refractivity contribution < 1.29 is 19.1 Å². The number of rotatable bonds is 2. The van der Waals surface area contributed by atoms with Crippen LogP contribution in [0, 0.1) is 5.82 Å². The van der Waals surface area contributed by atoms with Gasteiger partial charge in [-0.25, -0.2) is 4.39 Å². The van der Waals surface area contributed by atoms with Gasteiger partial charge < -0.3 is 15.7 Å². The van der Waals surface area contributed by atoms with Crippen molar-refractivity contribution >= 4 is 27.7 Å². The molecule has 3 N–H and O–H groups in total.